The number of nitrogens with one attached hydrogen (secondary N) is 1. The van der Waals surface area contributed by atoms with Gasteiger partial charge in [0.2, 0.25) is 11.8 Å². The van der Waals surface area contributed by atoms with Gasteiger partial charge < -0.3 is 5.73 Å². The van der Waals surface area contributed by atoms with E-state index in [1.54, 1.807) is 6.92 Å². The van der Waals surface area contributed by atoms with Gasteiger partial charge in [0.1, 0.15) is 0 Å². The zero-order chi connectivity index (χ0) is 12.8. The van der Waals surface area contributed by atoms with Crippen molar-refractivity contribution in [2.24, 2.45) is 17.5 Å². The van der Waals surface area contributed by atoms with Crippen molar-refractivity contribution in [3.05, 3.63) is 0 Å². The lowest BCUT2D eigenvalue weighted by Gasteiger charge is -2.29. The van der Waals surface area contributed by atoms with Crippen LogP contribution in [-0.4, -0.2) is 35.8 Å². The van der Waals surface area contributed by atoms with Gasteiger partial charge in [-0.05, 0) is 12.8 Å². The Balaban J connectivity index is 2.56. The van der Waals surface area contributed by atoms with Gasteiger partial charge in [0, 0.05) is 18.5 Å². The highest BCUT2D eigenvalue weighted by atomic mass is 16.2. The molecule has 2 amide bonds. The molecular formula is C11H22N4O2. The van der Waals surface area contributed by atoms with Crippen molar-refractivity contribution in [2.45, 2.75) is 38.6 Å². The van der Waals surface area contributed by atoms with E-state index in [0.29, 0.717) is 12.6 Å². The van der Waals surface area contributed by atoms with Crippen molar-refractivity contribution >= 4 is 11.8 Å². The molecule has 0 aliphatic heterocycles. The van der Waals surface area contributed by atoms with Gasteiger partial charge in [-0.15, -0.1) is 0 Å². The lowest BCUT2D eigenvalue weighted by Crippen LogP contribution is -2.46. The fraction of sp³-hybridized carbons (Fsp3) is 0.818. The van der Waals surface area contributed by atoms with Crippen LogP contribution in [0.25, 0.3) is 0 Å². The molecule has 1 fully saturated rings. The van der Waals surface area contributed by atoms with E-state index in [1.807, 2.05) is 4.90 Å². The normalized spacial score (nSPS) is 18.3. The SMILES string of the molecule is CC(CN(CC(N)=O)C1CCCC1)C(=O)NN. The Hall–Kier alpha value is -1.14. The number of carbonyl (C=O) groups is 2. The number of nitrogens with zero attached hydrogens (tertiary/aromatic N) is 1. The fourth-order valence-corrected chi connectivity index (χ4v) is 2.39. The van der Waals surface area contributed by atoms with Crippen LogP contribution in [0.5, 0.6) is 0 Å². The standard InChI is InChI=1S/C11H22N4O2/c1-8(11(17)14-13)6-15(7-10(12)16)9-4-2-3-5-9/h8-9H,2-7,13H2,1H3,(H2,12,16)(H,14,17). The molecule has 0 aromatic rings. The fourth-order valence-electron chi connectivity index (χ4n) is 2.39. The first kappa shape index (κ1) is 13.9. The van der Waals surface area contributed by atoms with Crippen molar-refractivity contribution in [3.8, 4) is 0 Å². The Morgan fingerprint density at radius 3 is 2.47 bits per heavy atom. The number of rotatable bonds is 6. The molecule has 17 heavy (non-hydrogen) atoms. The number of hydrogen-bond donors (Lipinski definition) is 3. The Labute approximate surface area is 102 Å². The third-order valence-corrected chi connectivity index (χ3v) is 3.30. The van der Waals surface area contributed by atoms with E-state index in [4.69, 9.17) is 11.6 Å². The topological polar surface area (TPSA) is 101 Å². The molecule has 0 spiro atoms. The summed E-state index contributed by atoms with van der Waals surface area (Å²) in [4.78, 5) is 24.4. The molecule has 5 N–H and O–H groups in total. The molecule has 1 aliphatic rings. The van der Waals surface area contributed by atoms with Crippen molar-refractivity contribution < 1.29 is 9.59 Å². The number of carbonyl (C=O) groups excluding carboxylic acids is 2. The zero-order valence-corrected chi connectivity index (χ0v) is 10.3. The summed E-state index contributed by atoms with van der Waals surface area (Å²) in [6.45, 7) is 2.54. The maximum atomic E-state index is 11.4. The quantitative estimate of drug-likeness (QED) is 0.327. The first-order chi connectivity index (χ1) is 8.04. The van der Waals surface area contributed by atoms with Gasteiger partial charge in [0.15, 0.2) is 0 Å². The van der Waals surface area contributed by atoms with Gasteiger partial charge in [0.25, 0.3) is 0 Å². The highest BCUT2D eigenvalue weighted by molar-refractivity contribution is 5.78. The predicted octanol–water partition coefficient (Wildman–Crippen LogP) is -0.658. The molecule has 0 radical (unpaired) electrons. The first-order valence-corrected chi connectivity index (χ1v) is 6.07. The second kappa shape index (κ2) is 6.56. The van der Waals surface area contributed by atoms with Crippen LogP contribution >= 0.6 is 0 Å². The minimum Gasteiger partial charge on any atom is -0.369 e. The van der Waals surface area contributed by atoms with Crippen molar-refractivity contribution in [3.63, 3.8) is 0 Å². The monoisotopic (exact) mass is 242 g/mol. The lowest BCUT2D eigenvalue weighted by molar-refractivity contribution is -0.126. The van der Waals surface area contributed by atoms with Gasteiger partial charge in [-0.25, -0.2) is 5.84 Å². The summed E-state index contributed by atoms with van der Waals surface area (Å²) in [7, 11) is 0. The van der Waals surface area contributed by atoms with Gasteiger partial charge in [-0.3, -0.25) is 19.9 Å². The molecule has 1 saturated carbocycles. The molecule has 0 aromatic heterocycles. The summed E-state index contributed by atoms with van der Waals surface area (Å²) in [6.07, 6.45) is 4.50. The summed E-state index contributed by atoms with van der Waals surface area (Å²) in [5.74, 6) is 4.30. The van der Waals surface area contributed by atoms with Crippen LogP contribution in [0.4, 0.5) is 0 Å². The van der Waals surface area contributed by atoms with Gasteiger partial charge >= 0.3 is 0 Å². The third-order valence-electron chi connectivity index (χ3n) is 3.30. The zero-order valence-electron chi connectivity index (χ0n) is 10.3. The minimum atomic E-state index is -0.350. The molecule has 1 atom stereocenters. The maximum absolute atomic E-state index is 11.4. The molecule has 0 heterocycles. The second-order valence-corrected chi connectivity index (χ2v) is 4.74. The number of hydrazine groups is 1. The highest BCUT2D eigenvalue weighted by Crippen LogP contribution is 2.23. The third kappa shape index (κ3) is 4.32. The summed E-state index contributed by atoms with van der Waals surface area (Å²) in [5, 5.41) is 0. The van der Waals surface area contributed by atoms with Gasteiger partial charge in [-0.1, -0.05) is 19.8 Å². The van der Waals surface area contributed by atoms with E-state index in [1.165, 1.54) is 12.8 Å². The maximum Gasteiger partial charge on any atom is 0.237 e. The Kier molecular flexibility index (Phi) is 5.37. The van der Waals surface area contributed by atoms with Crippen LogP contribution in [-0.2, 0) is 9.59 Å². The van der Waals surface area contributed by atoms with E-state index < -0.39 is 0 Å². The van der Waals surface area contributed by atoms with E-state index in [9.17, 15) is 9.59 Å². The first-order valence-electron chi connectivity index (χ1n) is 6.07. The van der Waals surface area contributed by atoms with E-state index in [0.717, 1.165) is 12.8 Å². The highest BCUT2D eigenvalue weighted by Gasteiger charge is 2.26. The van der Waals surface area contributed by atoms with Crippen LogP contribution < -0.4 is 17.0 Å². The Morgan fingerprint density at radius 2 is 2.00 bits per heavy atom. The molecule has 1 rings (SSSR count). The minimum absolute atomic E-state index is 0.211. The van der Waals surface area contributed by atoms with Crippen LogP contribution in [0.1, 0.15) is 32.6 Å². The van der Waals surface area contributed by atoms with Crippen LogP contribution in [0, 0.1) is 5.92 Å². The number of primary amides is 1. The van der Waals surface area contributed by atoms with Crippen LogP contribution in [0.15, 0.2) is 0 Å². The molecule has 6 nitrogen and oxygen atoms in total. The molecule has 6 heteroatoms. The van der Waals surface area contributed by atoms with Gasteiger partial charge in [-0.2, -0.15) is 0 Å². The van der Waals surface area contributed by atoms with Crippen molar-refractivity contribution in [2.75, 3.05) is 13.1 Å². The molecule has 0 saturated heterocycles. The number of hydrogen-bond acceptors (Lipinski definition) is 4. The lowest BCUT2D eigenvalue weighted by atomic mass is 10.1. The Morgan fingerprint density at radius 1 is 1.41 bits per heavy atom. The molecule has 1 unspecified atom stereocenters. The predicted molar refractivity (Wildman–Crippen MR) is 64.5 cm³/mol. The average Bonchev–Trinajstić information content (AvgIpc) is 2.79. The molecule has 0 bridgehead atoms. The van der Waals surface area contributed by atoms with Crippen molar-refractivity contribution in [1.29, 1.82) is 0 Å². The summed E-state index contributed by atoms with van der Waals surface area (Å²) in [6, 6.07) is 0.371. The number of nitrogens with two attached hydrogens (primary N) is 2. The van der Waals surface area contributed by atoms with E-state index in [2.05, 4.69) is 5.43 Å². The smallest absolute Gasteiger partial charge is 0.237 e. The second-order valence-electron chi connectivity index (χ2n) is 4.74. The number of amides is 2. The van der Waals surface area contributed by atoms with Crippen LogP contribution in [0.3, 0.4) is 0 Å². The molecule has 98 valence electrons. The molecule has 1 aliphatic carbocycles. The van der Waals surface area contributed by atoms with Crippen molar-refractivity contribution in [1.82, 2.24) is 10.3 Å². The van der Waals surface area contributed by atoms with Gasteiger partial charge in [0.05, 0.1) is 6.54 Å². The van der Waals surface area contributed by atoms with E-state index in [-0.39, 0.29) is 24.3 Å². The molecule has 0 aromatic carbocycles. The summed E-state index contributed by atoms with van der Waals surface area (Å²) < 4.78 is 0. The Bertz CT molecular complexity index is 277. The summed E-state index contributed by atoms with van der Waals surface area (Å²) in [5.41, 5.74) is 7.37. The largest absolute Gasteiger partial charge is 0.369 e. The summed E-state index contributed by atoms with van der Waals surface area (Å²) >= 11 is 0. The molecular weight excluding hydrogens is 220 g/mol. The average molecular weight is 242 g/mol. The van der Waals surface area contributed by atoms with Crippen LogP contribution in [0.2, 0.25) is 0 Å². The van der Waals surface area contributed by atoms with E-state index >= 15 is 0 Å².